The van der Waals surface area contributed by atoms with Crippen molar-refractivity contribution < 1.29 is 0 Å². The molecular weight excluding hydrogens is 1150 g/mol. The van der Waals surface area contributed by atoms with Crippen LogP contribution in [0.15, 0.2) is 400 Å². The molecule has 0 nitrogen and oxygen atoms in total. The van der Waals surface area contributed by atoms with Gasteiger partial charge >= 0.3 is 0 Å². The van der Waals surface area contributed by atoms with Gasteiger partial charge in [-0.3, -0.25) is 0 Å². The van der Waals surface area contributed by atoms with Gasteiger partial charge in [-0.05, 0) is 252 Å². The second-order valence-corrected chi connectivity index (χ2v) is 24.9. The largest absolute Gasteiger partial charge is 0.0622 e. The van der Waals surface area contributed by atoms with E-state index < -0.39 is 0 Å². The molecule has 0 aliphatic rings. The molecule has 0 saturated carbocycles. The van der Waals surface area contributed by atoms with Crippen molar-refractivity contribution in [3.63, 3.8) is 0 Å². The molecule has 0 atom stereocenters. The lowest BCUT2D eigenvalue weighted by Gasteiger charge is -2.16. The van der Waals surface area contributed by atoms with Crippen molar-refractivity contribution in [3.8, 4) is 167 Å². The lowest BCUT2D eigenvalue weighted by Crippen LogP contribution is -1.90. The maximum Gasteiger partial charge on any atom is -0.0171 e. The second kappa shape index (κ2) is 26.6. The summed E-state index contributed by atoms with van der Waals surface area (Å²) in [5.41, 5.74) is 35.2. The van der Waals surface area contributed by atoms with Crippen LogP contribution in [-0.4, -0.2) is 0 Å². The van der Waals surface area contributed by atoms with Crippen molar-refractivity contribution in [1.82, 2.24) is 0 Å². The van der Waals surface area contributed by atoms with E-state index in [-0.39, 0.29) is 0 Å². The maximum atomic E-state index is 2.39. The molecule has 0 aliphatic carbocycles. The van der Waals surface area contributed by atoms with Crippen molar-refractivity contribution in [2.45, 2.75) is 0 Å². The van der Waals surface area contributed by atoms with Crippen LogP contribution in [0.3, 0.4) is 0 Å². The number of hydrogen-bond donors (Lipinski definition) is 0. The third-order valence-corrected chi connectivity index (χ3v) is 18.6. The molecule has 0 aromatic heterocycles. The molecule has 0 saturated heterocycles. The molecule has 96 heavy (non-hydrogen) atoms. The molecule has 0 aliphatic heterocycles. The fraction of sp³-hybridized carbons (Fsp3) is 0. The Balaban J connectivity index is 0.801. The van der Waals surface area contributed by atoms with Crippen LogP contribution in [0.4, 0.5) is 0 Å². The molecular formula is C96H66. The molecule has 0 heteroatoms. The Morgan fingerprint density at radius 1 is 0.0625 bits per heavy atom. The van der Waals surface area contributed by atoms with E-state index >= 15 is 0 Å². The lowest BCUT2D eigenvalue weighted by atomic mass is 9.89. The lowest BCUT2D eigenvalue weighted by molar-refractivity contribution is 1.53. The zero-order valence-electron chi connectivity index (χ0n) is 53.1. The summed E-state index contributed by atoms with van der Waals surface area (Å²) < 4.78 is 0. The predicted molar refractivity (Wildman–Crippen MR) is 408 cm³/mol. The van der Waals surface area contributed by atoms with Gasteiger partial charge < -0.3 is 0 Å². The fourth-order valence-electron chi connectivity index (χ4n) is 13.5. The highest BCUT2D eigenvalue weighted by Crippen LogP contribution is 2.42. The standard InChI is InChI=1S/C96H66/c1-5-21-67(22-6-1)71-45-49-73(50-46-71)77-31-15-39-85(55-77)91-61-93(87-41-18-37-83(58-87)80-34-14-30-76(54-80)70-27-11-4-12-28-70)65-95(63-91)89-43-20-44-90(60-89)96-64-92(86-40-16-32-78(56-86)74-51-47-72(48-52-74)68-23-7-2-8-24-68)62-94(66-96)88-42-19-38-84(59-88)82-36-17-35-81(57-82)79-33-13-29-75(53-79)69-25-9-3-10-26-69/h1-66H. The molecule has 0 unspecified atom stereocenters. The molecule has 16 rings (SSSR count). The zero-order chi connectivity index (χ0) is 64.0. The van der Waals surface area contributed by atoms with Crippen LogP contribution in [0.1, 0.15) is 0 Å². The highest BCUT2D eigenvalue weighted by Gasteiger charge is 2.16. The van der Waals surface area contributed by atoms with Crippen LogP contribution < -0.4 is 0 Å². The first-order valence-electron chi connectivity index (χ1n) is 33.1. The van der Waals surface area contributed by atoms with Gasteiger partial charge in [0.1, 0.15) is 0 Å². The Morgan fingerprint density at radius 2 is 0.156 bits per heavy atom. The fourth-order valence-corrected chi connectivity index (χ4v) is 13.5. The number of hydrogen-bond acceptors (Lipinski definition) is 0. The minimum absolute atomic E-state index is 1.14. The number of benzene rings is 16. The first kappa shape index (κ1) is 58.6. The van der Waals surface area contributed by atoms with E-state index in [1.54, 1.807) is 0 Å². The summed E-state index contributed by atoms with van der Waals surface area (Å²) in [5, 5.41) is 0. The van der Waals surface area contributed by atoms with Gasteiger partial charge in [-0.1, -0.05) is 315 Å². The Hall–Kier alpha value is -12.5. The first-order chi connectivity index (χ1) is 47.5. The van der Waals surface area contributed by atoms with Crippen molar-refractivity contribution in [1.29, 1.82) is 0 Å². The zero-order valence-corrected chi connectivity index (χ0v) is 53.1. The van der Waals surface area contributed by atoms with Gasteiger partial charge in [0.05, 0.1) is 0 Å². The normalized spacial score (nSPS) is 11.1. The minimum atomic E-state index is 1.14. The highest BCUT2D eigenvalue weighted by atomic mass is 14.2. The van der Waals surface area contributed by atoms with Crippen LogP contribution in [0.5, 0.6) is 0 Å². The van der Waals surface area contributed by atoms with Gasteiger partial charge in [-0.25, -0.2) is 0 Å². The molecule has 0 spiro atoms. The molecule has 0 heterocycles. The van der Waals surface area contributed by atoms with E-state index in [0.29, 0.717) is 0 Å². The van der Waals surface area contributed by atoms with Crippen molar-refractivity contribution >= 4 is 0 Å². The van der Waals surface area contributed by atoms with Gasteiger partial charge in [0.25, 0.3) is 0 Å². The summed E-state index contributed by atoms with van der Waals surface area (Å²) in [6.07, 6.45) is 0. The van der Waals surface area contributed by atoms with Crippen molar-refractivity contribution in [3.05, 3.63) is 400 Å². The highest BCUT2D eigenvalue weighted by molar-refractivity contribution is 5.90. The van der Waals surface area contributed by atoms with Crippen LogP contribution in [0.2, 0.25) is 0 Å². The average Bonchev–Trinajstić information content (AvgIpc) is 0.828. The maximum absolute atomic E-state index is 2.39. The quantitative estimate of drug-likeness (QED) is 0.0960. The van der Waals surface area contributed by atoms with Crippen molar-refractivity contribution in [2.24, 2.45) is 0 Å². The van der Waals surface area contributed by atoms with E-state index in [1.807, 2.05) is 0 Å². The van der Waals surface area contributed by atoms with Crippen LogP contribution in [-0.2, 0) is 0 Å². The van der Waals surface area contributed by atoms with Gasteiger partial charge in [0.15, 0.2) is 0 Å². The summed E-state index contributed by atoms with van der Waals surface area (Å²) in [4.78, 5) is 0. The summed E-state index contributed by atoms with van der Waals surface area (Å²) in [7, 11) is 0. The molecule has 16 aromatic rings. The third-order valence-electron chi connectivity index (χ3n) is 18.6. The minimum Gasteiger partial charge on any atom is -0.0622 e. The molecule has 450 valence electrons. The van der Waals surface area contributed by atoms with Crippen molar-refractivity contribution in [2.75, 3.05) is 0 Å². The van der Waals surface area contributed by atoms with Gasteiger partial charge in [0, 0.05) is 0 Å². The van der Waals surface area contributed by atoms with Gasteiger partial charge in [0.2, 0.25) is 0 Å². The van der Waals surface area contributed by atoms with E-state index in [1.165, 1.54) is 94.6 Å². The summed E-state index contributed by atoms with van der Waals surface area (Å²) in [6, 6.07) is 147. The Labute approximate surface area is 563 Å². The number of rotatable bonds is 15. The smallest absolute Gasteiger partial charge is 0.0171 e. The Bertz CT molecular complexity index is 5410. The van der Waals surface area contributed by atoms with E-state index in [4.69, 9.17) is 0 Å². The molecule has 16 aromatic carbocycles. The van der Waals surface area contributed by atoms with Gasteiger partial charge in [-0.15, -0.1) is 0 Å². The predicted octanol–water partition coefficient (Wildman–Crippen LogP) is 26.7. The Morgan fingerprint density at radius 3 is 0.323 bits per heavy atom. The van der Waals surface area contributed by atoms with Crippen LogP contribution >= 0.6 is 0 Å². The topological polar surface area (TPSA) is 0 Å². The monoisotopic (exact) mass is 1220 g/mol. The van der Waals surface area contributed by atoms with E-state index in [2.05, 4.69) is 400 Å². The van der Waals surface area contributed by atoms with E-state index in [0.717, 1.165) is 72.3 Å². The van der Waals surface area contributed by atoms with Crippen LogP contribution in [0.25, 0.3) is 167 Å². The van der Waals surface area contributed by atoms with Gasteiger partial charge in [-0.2, -0.15) is 0 Å². The molecule has 0 amide bonds. The third kappa shape index (κ3) is 12.8. The first-order valence-corrected chi connectivity index (χ1v) is 33.1. The molecule has 0 fully saturated rings. The average molecular weight is 1220 g/mol. The molecule has 0 radical (unpaired) electrons. The Kier molecular flexibility index (Phi) is 16.2. The van der Waals surface area contributed by atoms with Crippen LogP contribution in [0, 0.1) is 0 Å². The SMILES string of the molecule is c1ccc(-c2ccc(-c3cccc(-c4cc(-c5cccc(-c6cccc(-c7ccccc7)c6)c5)cc(-c5cccc(-c6cc(-c7cccc(-c8ccc(-c9ccccc9)cc8)c7)cc(-c7cccc(-c8cccc(-c9cccc(-c%10ccccc%10)c9)c8)c7)c6)c5)c4)c3)cc2)cc1. The summed E-state index contributed by atoms with van der Waals surface area (Å²) >= 11 is 0. The molecule has 0 N–H and O–H groups in total. The summed E-state index contributed by atoms with van der Waals surface area (Å²) in [5.74, 6) is 0. The van der Waals surface area contributed by atoms with E-state index in [9.17, 15) is 0 Å². The summed E-state index contributed by atoms with van der Waals surface area (Å²) in [6.45, 7) is 0. The molecule has 0 bridgehead atoms. The second-order valence-electron chi connectivity index (χ2n) is 24.9.